The van der Waals surface area contributed by atoms with Gasteiger partial charge in [-0.1, -0.05) is 24.9 Å². The predicted octanol–water partition coefficient (Wildman–Crippen LogP) is 4.95. The predicted molar refractivity (Wildman–Crippen MR) is 122 cm³/mol. The van der Waals surface area contributed by atoms with Gasteiger partial charge in [0.15, 0.2) is 5.84 Å². The highest BCUT2D eigenvalue weighted by Gasteiger charge is 2.35. The van der Waals surface area contributed by atoms with Gasteiger partial charge in [-0.05, 0) is 61.0 Å². The first-order valence-corrected chi connectivity index (χ1v) is 10.7. The van der Waals surface area contributed by atoms with Gasteiger partial charge in [0.25, 0.3) is 5.91 Å². The molecule has 0 radical (unpaired) electrons. The van der Waals surface area contributed by atoms with Crippen LogP contribution >= 0.6 is 23.4 Å². The molecule has 0 saturated carbocycles. The number of thioether (sulfide) groups is 1. The molecule has 2 aliphatic rings. The zero-order valence-corrected chi connectivity index (χ0v) is 18.1. The standard InChI is InChI=1S/C21H20ClN5O2S/c1-3-4-7-18-25-27-19(23)15(20(28)24-21(27)30-18)11-13-6-5-10-26(13)14-8-9-17(29-2)16(22)12-14/h5-6,8-12,23H,3-4,7H2,1-2H3/b15-11-,23-19?. The van der Waals surface area contributed by atoms with Crippen LogP contribution in [-0.2, 0) is 4.79 Å². The first kappa shape index (κ1) is 20.4. The summed E-state index contributed by atoms with van der Waals surface area (Å²) < 4.78 is 7.09. The van der Waals surface area contributed by atoms with E-state index in [4.69, 9.17) is 21.7 Å². The molecule has 0 saturated heterocycles. The number of benzene rings is 1. The van der Waals surface area contributed by atoms with E-state index in [1.54, 1.807) is 25.3 Å². The number of nitrogens with zero attached hydrogens (tertiary/aromatic N) is 4. The normalized spacial score (nSPS) is 17.3. The number of fused-ring (bicyclic) bond motifs is 1. The Morgan fingerprint density at radius 3 is 2.90 bits per heavy atom. The number of hydrogen-bond acceptors (Lipinski definition) is 5. The number of halogens is 1. The maximum absolute atomic E-state index is 12.6. The molecular weight excluding hydrogens is 422 g/mol. The van der Waals surface area contributed by atoms with E-state index >= 15 is 0 Å². The largest absolute Gasteiger partial charge is 0.495 e. The minimum Gasteiger partial charge on any atom is -0.495 e. The zero-order valence-electron chi connectivity index (χ0n) is 16.6. The smallest absolute Gasteiger partial charge is 0.283 e. The summed E-state index contributed by atoms with van der Waals surface area (Å²) in [5.41, 5.74) is 1.73. The van der Waals surface area contributed by atoms with E-state index in [1.807, 2.05) is 29.0 Å². The highest BCUT2D eigenvalue weighted by molar-refractivity contribution is 8.26. The van der Waals surface area contributed by atoms with Crippen molar-refractivity contribution in [1.82, 2.24) is 9.58 Å². The van der Waals surface area contributed by atoms with Gasteiger partial charge in [-0.25, -0.2) is 0 Å². The molecule has 0 bridgehead atoms. The van der Waals surface area contributed by atoms with Crippen molar-refractivity contribution in [2.24, 2.45) is 10.1 Å². The van der Waals surface area contributed by atoms with E-state index in [0.717, 1.165) is 35.7 Å². The molecule has 30 heavy (non-hydrogen) atoms. The number of nitrogens with one attached hydrogen (secondary N) is 1. The number of ether oxygens (including phenoxy) is 1. The average Bonchev–Trinajstić information content (AvgIpc) is 3.36. The number of aromatic nitrogens is 1. The van der Waals surface area contributed by atoms with Crippen LogP contribution in [-0.4, -0.2) is 38.6 Å². The van der Waals surface area contributed by atoms with Crippen LogP contribution in [0.5, 0.6) is 5.75 Å². The van der Waals surface area contributed by atoms with Crippen LogP contribution in [0, 0.1) is 5.41 Å². The van der Waals surface area contributed by atoms with Gasteiger partial charge in [0.2, 0.25) is 5.17 Å². The zero-order chi connectivity index (χ0) is 21.3. The number of carbonyl (C=O) groups excluding carboxylic acids is 1. The Bertz CT molecular complexity index is 1120. The lowest BCUT2D eigenvalue weighted by Crippen LogP contribution is -2.35. The quantitative estimate of drug-likeness (QED) is 0.643. The Hall–Kier alpha value is -2.84. The van der Waals surface area contributed by atoms with E-state index in [9.17, 15) is 4.79 Å². The number of unbranched alkanes of at least 4 members (excludes halogenated alkanes) is 1. The molecule has 2 aromatic rings. The summed E-state index contributed by atoms with van der Waals surface area (Å²) in [6.45, 7) is 2.11. The van der Waals surface area contributed by atoms with Crippen molar-refractivity contribution in [3.63, 3.8) is 0 Å². The van der Waals surface area contributed by atoms with Crippen molar-refractivity contribution in [2.45, 2.75) is 26.2 Å². The molecule has 4 rings (SSSR count). The van der Waals surface area contributed by atoms with Gasteiger partial charge in [0.1, 0.15) is 10.8 Å². The van der Waals surface area contributed by atoms with Crippen LogP contribution in [0.3, 0.4) is 0 Å². The summed E-state index contributed by atoms with van der Waals surface area (Å²) in [4.78, 5) is 16.8. The van der Waals surface area contributed by atoms with Gasteiger partial charge in [-0.15, -0.1) is 0 Å². The molecule has 0 aliphatic carbocycles. The van der Waals surface area contributed by atoms with Crippen molar-refractivity contribution >= 4 is 51.4 Å². The van der Waals surface area contributed by atoms with Crippen LogP contribution in [0.1, 0.15) is 31.9 Å². The Kier molecular flexibility index (Phi) is 5.78. The Balaban J connectivity index is 1.66. The SMILES string of the molecule is CCCCC1=NN2C(=N)/C(=C/c3cccn3-c3ccc(OC)c(Cl)c3)C(=O)N=C2S1. The lowest BCUT2D eigenvalue weighted by Gasteiger charge is -2.20. The van der Waals surface area contributed by atoms with Crippen LogP contribution in [0.25, 0.3) is 11.8 Å². The molecule has 0 fully saturated rings. The second-order valence-corrected chi connectivity index (χ2v) is 8.19. The lowest BCUT2D eigenvalue weighted by atomic mass is 10.1. The molecule has 1 amide bonds. The van der Waals surface area contributed by atoms with E-state index in [0.29, 0.717) is 15.9 Å². The summed E-state index contributed by atoms with van der Waals surface area (Å²) in [5.74, 6) is 0.178. The molecule has 3 heterocycles. The molecular formula is C21H20ClN5O2S. The van der Waals surface area contributed by atoms with Gasteiger partial charge in [-0.3, -0.25) is 10.2 Å². The molecule has 1 N–H and O–H groups in total. The van der Waals surface area contributed by atoms with Crippen molar-refractivity contribution in [2.75, 3.05) is 7.11 Å². The topological polar surface area (TPSA) is 83.0 Å². The van der Waals surface area contributed by atoms with Gasteiger partial charge in [-0.2, -0.15) is 15.1 Å². The average molecular weight is 442 g/mol. The second kappa shape index (κ2) is 8.49. The summed E-state index contributed by atoms with van der Waals surface area (Å²) in [5, 5.41) is 16.3. The van der Waals surface area contributed by atoms with Gasteiger partial charge < -0.3 is 9.30 Å². The molecule has 154 valence electrons. The highest BCUT2D eigenvalue weighted by Crippen LogP contribution is 2.31. The molecule has 0 unspecified atom stereocenters. The molecule has 7 nitrogen and oxygen atoms in total. The third-order valence-electron chi connectivity index (χ3n) is 4.73. The van der Waals surface area contributed by atoms with Crippen molar-refractivity contribution in [1.29, 1.82) is 5.41 Å². The number of methoxy groups -OCH3 is 1. The van der Waals surface area contributed by atoms with Crippen LogP contribution in [0.2, 0.25) is 5.02 Å². The summed E-state index contributed by atoms with van der Waals surface area (Å²) in [6, 6.07) is 9.17. The number of aliphatic imine (C=N–C) groups is 1. The van der Waals surface area contributed by atoms with Crippen molar-refractivity contribution in [3.05, 3.63) is 52.8 Å². The molecule has 1 aromatic carbocycles. The minimum absolute atomic E-state index is 0.0320. The van der Waals surface area contributed by atoms with E-state index in [-0.39, 0.29) is 11.4 Å². The Morgan fingerprint density at radius 2 is 2.17 bits per heavy atom. The van der Waals surface area contributed by atoms with E-state index in [1.165, 1.54) is 16.8 Å². The summed E-state index contributed by atoms with van der Waals surface area (Å²) in [7, 11) is 1.56. The Morgan fingerprint density at radius 1 is 1.33 bits per heavy atom. The lowest BCUT2D eigenvalue weighted by molar-refractivity contribution is -0.114. The van der Waals surface area contributed by atoms with E-state index in [2.05, 4.69) is 17.0 Å². The number of amides is 1. The monoisotopic (exact) mass is 441 g/mol. The summed E-state index contributed by atoms with van der Waals surface area (Å²) in [6.07, 6.45) is 6.41. The maximum Gasteiger partial charge on any atom is 0.283 e. The second-order valence-electron chi connectivity index (χ2n) is 6.74. The number of hydrogen-bond donors (Lipinski definition) is 1. The molecule has 9 heteroatoms. The van der Waals surface area contributed by atoms with Gasteiger partial charge in [0.05, 0.1) is 17.7 Å². The molecule has 0 spiro atoms. The first-order chi connectivity index (χ1) is 14.5. The van der Waals surface area contributed by atoms with Crippen molar-refractivity contribution < 1.29 is 9.53 Å². The highest BCUT2D eigenvalue weighted by atomic mass is 35.5. The van der Waals surface area contributed by atoms with Crippen LogP contribution in [0.4, 0.5) is 0 Å². The number of amidine groups is 2. The third-order valence-corrected chi connectivity index (χ3v) is 5.99. The fourth-order valence-electron chi connectivity index (χ4n) is 3.16. The van der Waals surface area contributed by atoms with Crippen LogP contribution in [0.15, 0.2) is 52.2 Å². The fraction of sp³-hybridized carbons (Fsp3) is 0.238. The maximum atomic E-state index is 12.6. The molecule has 0 atom stereocenters. The van der Waals surface area contributed by atoms with Crippen molar-refractivity contribution in [3.8, 4) is 11.4 Å². The third kappa shape index (κ3) is 3.80. The van der Waals surface area contributed by atoms with Crippen LogP contribution < -0.4 is 4.74 Å². The van der Waals surface area contributed by atoms with E-state index < -0.39 is 5.91 Å². The number of hydrazone groups is 1. The van der Waals surface area contributed by atoms with Gasteiger partial charge in [0, 0.05) is 17.6 Å². The number of rotatable bonds is 6. The molecule has 2 aliphatic heterocycles. The summed E-state index contributed by atoms with van der Waals surface area (Å²) >= 11 is 7.63. The van der Waals surface area contributed by atoms with Gasteiger partial charge >= 0.3 is 0 Å². The fourth-order valence-corrected chi connectivity index (χ4v) is 4.34. The first-order valence-electron chi connectivity index (χ1n) is 9.52. The molecule has 1 aromatic heterocycles. The number of carbonyl (C=O) groups is 1. The minimum atomic E-state index is -0.439. The Labute approximate surface area is 183 Å².